The lowest BCUT2D eigenvalue weighted by Crippen LogP contribution is -2.48. The highest BCUT2D eigenvalue weighted by molar-refractivity contribution is 5.67. The van der Waals surface area contributed by atoms with E-state index in [1.807, 2.05) is 37.3 Å². The molecule has 1 heterocycles. The van der Waals surface area contributed by atoms with E-state index in [0.29, 0.717) is 0 Å². The molecule has 1 atom stereocenters. The Morgan fingerprint density at radius 2 is 1.87 bits per heavy atom. The average molecular weight is 319 g/mol. The molecule has 1 aliphatic heterocycles. The summed E-state index contributed by atoms with van der Waals surface area (Å²) >= 11 is 0. The van der Waals surface area contributed by atoms with Gasteiger partial charge in [-0.15, -0.1) is 6.58 Å². The summed E-state index contributed by atoms with van der Waals surface area (Å²) in [7, 11) is 2.05. The Bertz CT molecular complexity index is 457. The van der Waals surface area contributed by atoms with E-state index in [1.54, 1.807) is 11.0 Å². The number of allylic oxidation sites excluding steroid dienone is 1. The minimum absolute atomic E-state index is 0.159. The summed E-state index contributed by atoms with van der Waals surface area (Å²) in [6.07, 6.45) is 2.22. The van der Waals surface area contributed by atoms with E-state index in [1.165, 1.54) is 0 Å². The van der Waals surface area contributed by atoms with Crippen molar-refractivity contribution in [1.29, 1.82) is 0 Å². The molecular formula is C18H29N3O2. The van der Waals surface area contributed by atoms with Crippen LogP contribution in [0.3, 0.4) is 0 Å². The van der Waals surface area contributed by atoms with Crippen LogP contribution in [0, 0.1) is 0 Å². The molecule has 1 saturated heterocycles. The van der Waals surface area contributed by atoms with Gasteiger partial charge in [-0.2, -0.15) is 0 Å². The molecule has 0 aromatic heterocycles. The summed E-state index contributed by atoms with van der Waals surface area (Å²) in [4.78, 5) is 15.8. The van der Waals surface area contributed by atoms with Crippen molar-refractivity contribution >= 4 is 6.09 Å². The average Bonchev–Trinajstić information content (AvgIpc) is 2.55. The number of ether oxygens (including phenoxy) is 1. The van der Waals surface area contributed by atoms with Crippen LogP contribution in [0.25, 0.3) is 0 Å². The van der Waals surface area contributed by atoms with Crippen molar-refractivity contribution in [1.82, 2.24) is 9.80 Å². The van der Waals surface area contributed by atoms with Crippen LogP contribution in [-0.2, 0) is 11.2 Å². The van der Waals surface area contributed by atoms with Gasteiger partial charge >= 0.3 is 6.09 Å². The maximum Gasteiger partial charge on any atom is 0.409 e. The van der Waals surface area contributed by atoms with Crippen LogP contribution in [0.1, 0.15) is 12.5 Å². The number of piperazine rings is 1. The van der Waals surface area contributed by atoms with Crippen LogP contribution in [0.15, 0.2) is 43.0 Å². The van der Waals surface area contributed by atoms with Gasteiger partial charge in [0.25, 0.3) is 0 Å². The molecule has 128 valence electrons. The first-order valence-corrected chi connectivity index (χ1v) is 8.03. The second-order valence-electron chi connectivity index (χ2n) is 5.73. The number of benzene rings is 1. The lowest BCUT2D eigenvalue weighted by atomic mass is 10.1. The summed E-state index contributed by atoms with van der Waals surface area (Å²) in [6.45, 7) is 8.75. The molecule has 0 saturated carbocycles. The fraction of sp³-hybridized carbons (Fsp3) is 0.500. The molecule has 1 aromatic rings. The number of likely N-dealkylation sites (N-methyl/N-ethyl adjacent to an activating group) is 1. The maximum absolute atomic E-state index is 11.9. The van der Waals surface area contributed by atoms with Gasteiger partial charge in [0, 0.05) is 32.2 Å². The molecule has 0 spiro atoms. The number of nitrogens with two attached hydrogens (primary N) is 1. The predicted octanol–water partition coefficient (Wildman–Crippen LogP) is 2.13. The molecule has 1 amide bonds. The second-order valence-corrected chi connectivity index (χ2v) is 5.73. The molecule has 1 fully saturated rings. The predicted molar refractivity (Wildman–Crippen MR) is 94.4 cm³/mol. The van der Waals surface area contributed by atoms with Crippen molar-refractivity contribution in [3.05, 3.63) is 48.6 Å². The van der Waals surface area contributed by atoms with Gasteiger partial charge < -0.3 is 20.3 Å². The number of amides is 1. The number of hydrogen-bond donors (Lipinski definition) is 1. The molecule has 0 aliphatic carbocycles. The molecular weight excluding hydrogens is 290 g/mol. The monoisotopic (exact) mass is 319 g/mol. The van der Waals surface area contributed by atoms with Gasteiger partial charge in [0.1, 0.15) is 6.61 Å². The molecule has 0 unspecified atom stereocenters. The number of rotatable bonds is 4. The SMILES string of the molecule is C=CC.CN1CCN(C(=O)OC[C@H](N)Cc2ccccc2)CC1. The highest BCUT2D eigenvalue weighted by Gasteiger charge is 2.20. The molecule has 0 radical (unpaired) electrons. The fourth-order valence-electron chi connectivity index (χ4n) is 2.23. The zero-order valence-electron chi connectivity index (χ0n) is 14.3. The molecule has 1 aromatic carbocycles. The topological polar surface area (TPSA) is 58.8 Å². The Hall–Kier alpha value is -1.85. The van der Waals surface area contributed by atoms with E-state index in [4.69, 9.17) is 10.5 Å². The first-order valence-electron chi connectivity index (χ1n) is 8.03. The summed E-state index contributed by atoms with van der Waals surface area (Å²) in [5, 5.41) is 0. The smallest absolute Gasteiger partial charge is 0.409 e. The van der Waals surface area contributed by atoms with Crippen molar-refractivity contribution in [3.63, 3.8) is 0 Å². The van der Waals surface area contributed by atoms with Crippen LogP contribution >= 0.6 is 0 Å². The van der Waals surface area contributed by atoms with Crippen molar-refractivity contribution in [2.45, 2.75) is 19.4 Å². The largest absolute Gasteiger partial charge is 0.448 e. The van der Waals surface area contributed by atoms with E-state index < -0.39 is 0 Å². The Balaban J connectivity index is 0.000000816. The van der Waals surface area contributed by atoms with Gasteiger partial charge in [-0.3, -0.25) is 0 Å². The first kappa shape index (κ1) is 19.2. The van der Waals surface area contributed by atoms with Gasteiger partial charge in [-0.05, 0) is 26.0 Å². The molecule has 5 heteroatoms. The van der Waals surface area contributed by atoms with Gasteiger partial charge in [-0.1, -0.05) is 36.4 Å². The minimum atomic E-state index is -0.249. The number of carbonyl (C=O) groups is 1. The van der Waals surface area contributed by atoms with Crippen molar-refractivity contribution in [2.75, 3.05) is 39.8 Å². The Morgan fingerprint density at radius 1 is 1.30 bits per heavy atom. The van der Waals surface area contributed by atoms with Crippen LogP contribution < -0.4 is 5.73 Å². The Morgan fingerprint density at radius 3 is 2.43 bits per heavy atom. The standard InChI is InChI=1S/C15H23N3O2.C3H6/c1-17-7-9-18(10-8-17)15(19)20-12-14(16)11-13-5-3-2-4-6-13;1-3-2/h2-6,14H,7-12,16H2,1H3;3H,1H2,2H3/t14-;/m1./s1. The lowest BCUT2D eigenvalue weighted by molar-refractivity contribution is 0.0777. The molecule has 1 aliphatic rings. The van der Waals surface area contributed by atoms with Crippen molar-refractivity contribution in [2.24, 2.45) is 5.73 Å². The molecule has 2 rings (SSSR count). The van der Waals surface area contributed by atoms with Crippen molar-refractivity contribution < 1.29 is 9.53 Å². The highest BCUT2D eigenvalue weighted by Crippen LogP contribution is 2.05. The molecule has 23 heavy (non-hydrogen) atoms. The minimum Gasteiger partial charge on any atom is -0.448 e. The Kier molecular flexibility index (Phi) is 9.02. The van der Waals surface area contributed by atoms with Gasteiger partial charge in [0.2, 0.25) is 0 Å². The van der Waals surface area contributed by atoms with Crippen LogP contribution in [0.4, 0.5) is 4.79 Å². The second kappa shape index (κ2) is 10.8. The van der Waals surface area contributed by atoms with Crippen molar-refractivity contribution in [3.8, 4) is 0 Å². The van der Waals surface area contributed by atoms with Gasteiger partial charge in [0.15, 0.2) is 0 Å². The summed E-state index contributed by atoms with van der Waals surface area (Å²) in [6, 6.07) is 9.84. The van der Waals surface area contributed by atoms with E-state index >= 15 is 0 Å². The Labute approximate surface area is 139 Å². The quantitative estimate of drug-likeness (QED) is 0.864. The number of nitrogens with zero attached hydrogens (tertiary/aromatic N) is 2. The summed E-state index contributed by atoms with van der Waals surface area (Å²) in [5.74, 6) is 0. The maximum atomic E-state index is 11.9. The van der Waals surface area contributed by atoms with E-state index in [9.17, 15) is 4.79 Å². The van der Waals surface area contributed by atoms with E-state index in [2.05, 4.69) is 18.5 Å². The number of hydrogen-bond acceptors (Lipinski definition) is 4. The summed E-state index contributed by atoms with van der Waals surface area (Å²) < 4.78 is 5.29. The van der Waals surface area contributed by atoms with E-state index in [-0.39, 0.29) is 18.7 Å². The van der Waals surface area contributed by atoms with Crippen LogP contribution in [0.5, 0.6) is 0 Å². The third-order valence-corrected chi connectivity index (χ3v) is 3.52. The fourth-order valence-corrected chi connectivity index (χ4v) is 2.23. The molecule has 5 nitrogen and oxygen atoms in total. The third kappa shape index (κ3) is 7.81. The third-order valence-electron chi connectivity index (χ3n) is 3.52. The van der Waals surface area contributed by atoms with Gasteiger partial charge in [-0.25, -0.2) is 4.79 Å². The zero-order chi connectivity index (χ0) is 17.1. The lowest BCUT2D eigenvalue weighted by Gasteiger charge is -2.31. The van der Waals surface area contributed by atoms with E-state index in [0.717, 1.165) is 38.2 Å². The normalized spacial score (nSPS) is 16.0. The highest BCUT2D eigenvalue weighted by atomic mass is 16.6. The molecule has 2 N–H and O–H groups in total. The number of carbonyl (C=O) groups excluding carboxylic acids is 1. The van der Waals surface area contributed by atoms with Gasteiger partial charge in [0.05, 0.1) is 0 Å². The van der Waals surface area contributed by atoms with Crippen LogP contribution in [0.2, 0.25) is 0 Å². The zero-order valence-corrected chi connectivity index (χ0v) is 14.3. The van der Waals surface area contributed by atoms with Crippen LogP contribution in [-0.4, -0.2) is 61.8 Å². The first-order chi connectivity index (χ1) is 11.1. The summed E-state index contributed by atoms with van der Waals surface area (Å²) in [5.41, 5.74) is 7.16. The molecule has 0 bridgehead atoms.